The summed E-state index contributed by atoms with van der Waals surface area (Å²) in [6.07, 6.45) is 2.77. The summed E-state index contributed by atoms with van der Waals surface area (Å²) in [5.41, 5.74) is 0. The highest BCUT2D eigenvalue weighted by Gasteiger charge is 2.23. The topological polar surface area (TPSA) is 58.1 Å². The van der Waals surface area contributed by atoms with Crippen LogP contribution < -0.4 is 5.32 Å². The number of likely N-dealkylation sites (tertiary alicyclic amines) is 1. The Labute approximate surface area is 113 Å². The highest BCUT2D eigenvalue weighted by atomic mass is 79.9. The summed E-state index contributed by atoms with van der Waals surface area (Å²) in [5.74, 6) is 0.848. The number of halogens is 2. The molecule has 2 rings (SSSR count). The van der Waals surface area contributed by atoms with Crippen LogP contribution in [0.1, 0.15) is 12.8 Å². The predicted molar refractivity (Wildman–Crippen MR) is 69.0 cm³/mol. The molecule has 0 spiro atoms. The second kappa shape index (κ2) is 5.18. The Kier molecular flexibility index (Phi) is 3.83. The molecule has 0 saturated carbocycles. The molecule has 1 aromatic rings. The molecule has 1 amide bonds. The number of rotatable bonds is 2. The Bertz CT molecular complexity index is 442. The number of carbonyl (C=O) groups excluding carboxylic acids is 1. The molecule has 0 radical (unpaired) electrons. The fourth-order valence-electron chi connectivity index (χ4n) is 1.77. The highest BCUT2D eigenvalue weighted by Crippen LogP contribution is 2.27. The van der Waals surface area contributed by atoms with Crippen LogP contribution in [0.2, 0.25) is 5.15 Å². The molecule has 7 heteroatoms. The molecular formula is C10H12BrClN4O. The van der Waals surface area contributed by atoms with Crippen molar-refractivity contribution in [2.24, 2.45) is 0 Å². The third kappa shape index (κ3) is 2.87. The maximum atomic E-state index is 11.4. The van der Waals surface area contributed by atoms with Crippen LogP contribution in [-0.4, -0.2) is 40.4 Å². The van der Waals surface area contributed by atoms with Gasteiger partial charge in [0.25, 0.3) is 0 Å². The van der Waals surface area contributed by atoms with Gasteiger partial charge in [-0.3, -0.25) is 4.79 Å². The molecule has 1 aliphatic heterocycles. The number of hydrogen-bond acceptors (Lipinski definition) is 4. The molecule has 0 aliphatic carbocycles. The summed E-state index contributed by atoms with van der Waals surface area (Å²) < 4.78 is 0.654. The molecule has 1 fully saturated rings. The smallest absolute Gasteiger partial charge is 0.222 e. The second-order valence-corrected chi connectivity index (χ2v) is 5.13. The monoisotopic (exact) mass is 318 g/mol. The summed E-state index contributed by atoms with van der Waals surface area (Å²) in [6.45, 7) is 0.674. The van der Waals surface area contributed by atoms with E-state index >= 15 is 0 Å². The molecule has 1 saturated heterocycles. The van der Waals surface area contributed by atoms with E-state index in [2.05, 4.69) is 31.2 Å². The molecule has 2 heterocycles. The predicted octanol–water partition coefficient (Wildman–Crippen LogP) is 1.93. The lowest BCUT2D eigenvalue weighted by Gasteiger charge is -2.30. The van der Waals surface area contributed by atoms with E-state index < -0.39 is 0 Å². The number of anilines is 1. The SMILES string of the molecule is CN1CC(Nc2ncnc(Cl)c2Br)CCC1=O. The summed E-state index contributed by atoms with van der Waals surface area (Å²) in [4.78, 5) is 21.1. The van der Waals surface area contributed by atoms with Gasteiger partial charge in [-0.1, -0.05) is 11.6 Å². The largest absolute Gasteiger partial charge is 0.364 e. The van der Waals surface area contributed by atoms with E-state index in [4.69, 9.17) is 11.6 Å². The van der Waals surface area contributed by atoms with Gasteiger partial charge in [0.15, 0.2) is 0 Å². The van der Waals surface area contributed by atoms with Crippen molar-refractivity contribution in [2.45, 2.75) is 18.9 Å². The number of carbonyl (C=O) groups is 1. The summed E-state index contributed by atoms with van der Waals surface area (Å²) in [5, 5.41) is 3.64. The summed E-state index contributed by atoms with van der Waals surface area (Å²) in [6, 6.07) is 0.194. The van der Waals surface area contributed by atoms with E-state index in [0.717, 1.165) is 6.42 Å². The number of hydrogen-bond donors (Lipinski definition) is 1. The molecule has 1 aromatic heterocycles. The van der Waals surface area contributed by atoms with Gasteiger partial charge in [-0.2, -0.15) is 0 Å². The van der Waals surface area contributed by atoms with Gasteiger partial charge >= 0.3 is 0 Å². The average Bonchev–Trinajstić information content (AvgIpc) is 2.30. The summed E-state index contributed by atoms with van der Waals surface area (Å²) >= 11 is 9.21. The van der Waals surface area contributed by atoms with E-state index in [1.165, 1.54) is 6.33 Å². The number of likely N-dealkylation sites (N-methyl/N-ethyl adjacent to an activating group) is 1. The fraction of sp³-hybridized carbons (Fsp3) is 0.500. The first-order valence-corrected chi connectivity index (χ1v) is 6.41. The Morgan fingerprint density at radius 1 is 1.59 bits per heavy atom. The van der Waals surface area contributed by atoms with Crippen LogP contribution in [0.25, 0.3) is 0 Å². The van der Waals surface area contributed by atoms with Crippen molar-refractivity contribution in [1.29, 1.82) is 0 Å². The molecular weight excluding hydrogens is 307 g/mol. The van der Waals surface area contributed by atoms with Crippen molar-refractivity contribution in [3.05, 3.63) is 16.0 Å². The number of nitrogens with zero attached hydrogens (tertiary/aromatic N) is 3. The van der Waals surface area contributed by atoms with Crippen molar-refractivity contribution < 1.29 is 4.79 Å². The number of piperidine rings is 1. The third-order valence-corrected chi connectivity index (χ3v) is 3.98. The Morgan fingerprint density at radius 3 is 3.06 bits per heavy atom. The highest BCUT2D eigenvalue weighted by molar-refractivity contribution is 9.10. The van der Waals surface area contributed by atoms with E-state index in [1.807, 2.05) is 0 Å². The van der Waals surface area contributed by atoms with E-state index in [0.29, 0.717) is 28.4 Å². The lowest BCUT2D eigenvalue weighted by molar-refractivity contribution is -0.132. The zero-order chi connectivity index (χ0) is 12.4. The van der Waals surface area contributed by atoms with Crippen molar-refractivity contribution in [3.8, 4) is 0 Å². The van der Waals surface area contributed by atoms with E-state index in [9.17, 15) is 4.79 Å². The summed E-state index contributed by atoms with van der Waals surface area (Å²) in [7, 11) is 1.80. The Balaban J connectivity index is 2.06. The first-order valence-electron chi connectivity index (χ1n) is 5.24. The van der Waals surface area contributed by atoms with E-state index in [1.54, 1.807) is 11.9 Å². The average molecular weight is 320 g/mol. The second-order valence-electron chi connectivity index (χ2n) is 3.98. The van der Waals surface area contributed by atoms with Crippen LogP contribution in [0.15, 0.2) is 10.8 Å². The molecule has 1 unspecified atom stereocenters. The lowest BCUT2D eigenvalue weighted by Crippen LogP contribution is -2.43. The van der Waals surface area contributed by atoms with Crippen LogP contribution in [-0.2, 0) is 4.79 Å². The molecule has 1 N–H and O–H groups in total. The van der Waals surface area contributed by atoms with Gasteiger partial charge in [-0.05, 0) is 22.4 Å². The van der Waals surface area contributed by atoms with Crippen molar-refractivity contribution in [3.63, 3.8) is 0 Å². The van der Waals surface area contributed by atoms with Crippen LogP contribution in [0.4, 0.5) is 5.82 Å². The minimum atomic E-state index is 0.183. The van der Waals surface area contributed by atoms with Gasteiger partial charge in [0, 0.05) is 26.1 Å². The fourth-order valence-corrected chi connectivity index (χ4v) is 2.22. The van der Waals surface area contributed by atoms with Gasteiger partial charge in [-0.25, -0.2) is 9.97 Å². The van der Waals surface area contributed by atoms with E-state index in [-0.39, 0.29) is 11.9 Å². The molecule has 17 heavy (non-hydrogen) atoms. The normalized spacial score (nSPS) is 20.5. The molecule has 92 valence electrons. The van der Waals surface area contributed by atoms with Crippen LogP contribution >= 0.6 is 27.5 Å². The number of nitrogens with one attached hydrogen (secondary N) is 1. The zero-order valence-electron chi connectivity index (χ0n) is 9.28. The van der Waals surface area contributed by atoms with Crippen molar-refractivity contribution >= 4 is 39.3 Å². The van der Waals surface area contributed by atoms with Crippen LogP contribution in [0.3, 0.4) is 0 Å². The molecule has 1 atom stereocenters. The quantitative estimate of drug-likeness (QED) is 0.846. The first kappa shape index (κ1) is 12.6. The molecule has 1 aliphatic rings. The number of aromatic nitrogens is 2. The molecule has 5 nitrogen and oxygen atoms in total. The lowest BCUT2D eigenvalue weighted by atomic mass is 10.1. The van der Waals surface area contributed by atoms with Crippen molar-refractivity contribution in [2.75, 3.05) is 18.9 Å². The number of amides is 1. The standard InChI is InChI=1S/C10H12BrClN4O/c1-16-4-6(2-3-7(16)17)15-10-8(11)9(12)13-5-14-10/h5-6H,2-4H2,1H3,(H,13,14,15). The van der Waals surface area contributed by atoms with Crippen LogP contribution in [0, 0.1) is 0 Å². The third-order valence-electron chi connectivity index (χ3n) is 2.71. The Hall–Kier alpha value is -0.880. The van der Waals surface area contributed by atoms with Gasteiger partial charge < -0.3 is 10.2 Å². The van der Waals surface area contributed by atoms with Crippen molar-refractivity contribution in [1.82, 2.24) is 14.9 Å². The molecule has 0 aromatic carbocycles. The minimum absolute atomic E-state index is 0.183. The van der Waals surface area contributed by atoms with Crippen LogP contribution in [0.5, 0.6) is 0 Å². The van der Waals surface area contributed by atoms with Gasteiger partial charge in [0.1, 0.15) is 17.3 Å². The zero-order valence-corrected chi connectivity index (χ0v) is 11.6. The Morgan fingerprint density at radius 2 is 2.35 bits per heavy atom. The van der Waals surface area contributed by atoms with Gasteiger partial charge in [-0.15, -0.1) is 0 Å². The maximum Gasteiger partial charge on any atom is 0.222 e. The van der Waals surface area contributed by atoms with Gasteiger partial charge in [0.2, 0.25) is 5.91 Å². The molecule has 0 bridgehead atoms. The van der Waals surface area contributed by atoms with Gasteiger partial charge in [0.05, 0.1) is 4.47 Å². The minimum Gasteiger partial charge on any atom is -0.364 e. The maximum absolute atomic E-state index is 11.4. The first-order chi connectivity index (χ1) is 8.08.